The standard InChI is InChI=1S/C22H36N4O6S/c1-5-10-17(26-21(29)18(23-6-2)14-33(4,31)32)20(28)22(30)24-13-19(27)25-15(3)16-11-8-7-9-12-16/h7-9,11-12,15,17-18,20,23,28H,5-6,10,13-14H2,1-4H3,(H,24,30)(H,25,27)(H,26,29). The monoisotopic (exact) mass is 484 g/mol. The van der Waals surface area contributed by atoms with Gasteiger partial charge in [0, 0.05) is 6.26 Å². The third kappa shape index (κ3) is 10.8. The van der Waals surface area contributed by atoms with Crippen molar-refractivity contribution < 1.29 is 27.9 Å². The van der Waals surface area contributed by atoms with Crippen molar-refractivity contribution in [2.24, 2.45) is 0 Å². The molecule has 1 aromatic rings. The number of benzene rings is 1. The van der Waals surface area contributed by atoms with E-state index in [4.69, 9.17) is 0 Å². The van der Waals surface area contributed by atoms with Crippen LogP contribution >= 0.6 is 0 Å². The molecule has 0 spiro atoms. The fourth-order valence-electron chi connectivity index (χ4n) is 3.25. The molecule has 186 valence electrons. The molecule has 0 aliphatic rings. The molecule has 0 aromatic heterocycles. The summed E-state index contributed by atoms with van der Waals surface area (Å²) in [5, 5.41) is 21.0. The molecule has 11 heteroatoms. The van der Waals surface area contributed by atoms with Crippen LogP contribution in [0.3, 0.4) is 0 Å². The molecule has 0 saturated heterocycles. The molecule has 4 unspecified atom stereocenters. The zero-order valence-corrected chi connectivity index (χ0v) is 20.4. The summed E-state index contributed by atoms with van der Waals surface area (Å²) >= 11 is 0. The van der Waals surface area contributed by atoms with Crippen molar-refractivity contribution >= 4 is 27.6 Å². The van der Waals surface area contributed by atoms with Gasteiger partial charge in [-0.05, 0) is 25.5 Å². The normalized spacial score (nSPS) is 15.1. The van der Waals surface area contributed by atoms with Gasteiger partial charge in [0.2, 0.25) is 11.8 Å². The van der Waals surface area contributed by atoms with Crippen molar-refractivity contribution in [3.8, 4) is 0 Å². The lowest BCUT2D eigenvalue weighted by molar-refractivity contribution is -0.134. The van der Waals surface area contributed by atoms with E-state index in [9.17, 15) is 27.9 Å². The molecular formula is C22H36N4O6S. The lowest BCUT2D eigenvalue weighted by atomic mass is 10.0. The van der Waals surface area contributed by atoms with Gasteiger partial charge in [-0.2, -0.15) is 0 Å². The van der Waals surface area contributed by atoms with E-state index < -0.39 is 51.5 Å². The fraction of sp³-hybridized carbons (Fsp3) is 0.591. The number of aliphatic hydroxyl groups is 1. The van der Waals surface area contributed by atoms with Crippen LogP contribution in [0.2, 0.25) is 0 Å². The van der Waals surface area contributed by atoms with Crippen LogP contribution < -0.4 is 21.3 Å². The minimum Gasteiger partial charge on any atom is -0.381 e. The van der Waals surface area contributed by atoms with Gasteiger partial charge in [-0.25, -0.2) is 8.42 Å². The molecule has 1 aromatic carbocycles. The molecule has 0 heterocycles. The summed E-state index contributed by atoms with van der Waals surface area (Å²) in [7, 11) is -3.43. The van der Waals surface area contributed by atoms with Crippen molar-refractivity contribution in [1.29, 1.82) is 0 Å². The van der Waals surface area contributed by atoms with Crippen molar-refractivity contribution in [3.63, 3.8) is 0 Å². The average Bonchev–Trinajstić information content (AvgIpc) is 2.76. The predicted octanol–water partition coefficient (Wildman–Crippen LogP) is -0.351. The molecule has 3 amide bonds. The van der Waals surface area contributed by atoms with Crippen LogP contribution in [0, 0.1) is 0 Å². The van der Waals surface area contributed by atoms with E-state index in [-0.39, 0.29) is 19.0 Å². The molecule has 1 rings (SSSR count). The van der Waals surface area contributed by atoms with Gasteiger partial charge in [-0.15, -0.1) is 0 Å². The summed E-state index contributed by atoms with van der Waals surface area (Å²) < 4.78 is 23.2. The maximum absolute atomic E-state index is 12.6. The van der Waals surface area contributed by atoms with Crippen LogP contribution in [0.4, 0.5) is 0 Å². The molecule has 5 N–H and O–H groups in total. The molecule has 4 atom stereocenters. The second kappa shape index (κ2) is 13.9. The Labute approximate surface area is 195 Å². The van der Waals surface area contributed by atoms with Gasteiger partial charge in [-0.3, -0.25) is 14.4 Å². The number of nitrogens with one attached hydrogen (secondary N) is 4. The number of likely N-dealkylation sites (N-methyl/N-ethyl adjacent to an activating group) is 1. The second-order valence-electron chi connectivity index (χ2n) is 7.97. The number of rotatable bonds is 14. The van der Waals surface area contributed by atoms with Gasteiger partial charge < -0.3 is 26.4 Å². The van der Waals surface area contributed by atoms with Crippen molar-refractivity contribution in [2.45, 2.75) is 57.8 Å². The van der Waals surface area contributed by atoms with Gasteiger partial charge in [0.15, 0.2) is 6.10 Å². The molecule has 0 aliphatic heterocycles. The van der Waals surface area contributed by atoms with Crippen molar-refractivity contribution in [2.75, 3.05) is 25.1 Å². The Balaban J connectivity index is 2.68. The molecule has 33 heavy (non-hydrogen) atoms. The van der Waals surface area contributed by atoms with Crippen LogP contribution in [0.1, 0.15) is 45.2 Å². The van der Waals surface area contributed by atoms with Gasteiger partial charge in [-0.1, -0.05) is 50.6 Å². The number of hydrogen-bond acceptors (Lipinski definition) is 7. The number of sulfone groups is 1. The summed E-state index contributed by atoms with van der Waals surface area (Å²) in [5.41, 5.74) is 0.910. The number of amides is 3. The lowest BCUT2D eigenvalue weighted by Gasteiger charge is -2.26. The highest BCUT2D eigenvalue weighted by molar-refractivity contribution is 7.90. The van der Waals surface area contributed by atoms with E-state index in [0.717, 1.165) is 11.8 Å². The molecular weight excluding hydrogens is 448 g/mol. The maximum atomic E-state index is 12.6. The second-order valence-corrected chi connectivity index (χ2v) is 10.2. The number of aliphatic hydroxyl groups excluding tert-OH is 1. The van der Waals surface area contributed by atoms with Gasteiger partial charge in [0.05, 0.1) is 24.4 Å². The van der Waals surface area contributed by atoms with Gasteiger partial charge in [0.25, 0.3) is 5.91 Å². The van der Waals surface area contributed by atoms with E-state index >= 15 is 0 Å². The first-order valence-electron chi connectivity index (χ1n) is 11.0. The molecule has 0 saturated carbocycles. The van der Waals surface area contributed by atoms with Crippen LogP contribution in [0.15, 0.2) is 30.3 Å². The highest BCUT2D eigenvalue weighted by atomic mass is 32.2. The minimum atomic E-state index is -3.43. The third-order valence-corrected chi connectivity index (χ3v) is 5.85. The first-order valence-corrected chi connectivity index (χ1v) is 13.1. The highest BCUT2D eigenvalue weighted by Gasteiger charge is 2.30. The first-order chi connectivity index (χ1) is 15.5. The van der Waals surface area contributed by atoms with E-state index in [0.29, 0.717) is 13.0 Å². The quantitative estimate of drug-likeness (QED) is 0.242. The zero-order valence-electron chi connectivity index (χ0n) is 19.6. The number of hydrogen-bond donors (Lipinski definition) is 5. The number of carbonyl (C=O) groups excluding carboxylic acids is 3. The molecule has 0 aliphatic carbocycles. The zero-order chi connectivity index (χ0) is 25.0. The summed E-state index contributed by atoms with van der Waals surface area (Å²) in [6, 6.07) is 7.12. The van der Waals surface area contributed by atoms with E-state index in [1.807, 2.05) is 44.2 Å². The van der Waals surface area contributed by atoms with Crippen LogP contribution in [0.5, 0.6) is 0 Å². The lowest BCUT2D eigenvalue weighted by Crippen LogP contribution is -2.56. The summed E-state index contributed by atoms with van der Waals surface area (Å²) in [6.07, 6.45) is 0.270. The fourth-order valence-corrected chi connectivity index (χ4v) is 4.13. The number of carbonyl (C=O) groups is 3. The van der Waals surface area contributed by atoms with Crippen LogP contribution in [-0.4, -0.2) is 74.5 Å². The van der Waals surface area contributed by atoms with Crippen LogP contribution in [-0.2, 0) is 24.2 Å². The Hall–Kier alpha value is -2.50. The van der Waals surface area contributed by atoms with E-state index in [1.165, 1.54) is 0 Å². The molecule has 0 fully saturated rings. The Bertz CT molecular complexity index is 878. The molecule has 0 radical (unpaired) electrons. The van der Waals surface area contributed by atoms with Gasteiger partial charge >= 0.3 is 0 Å². The molecule has 0 bridgehead atoms. The van der Waals surface area contributed by atoms with Crippen molar-refractivity contribution in [1.82, 2.24) is 21.3 Å². The van der Waals surface area contributed by atoms with E-state index in [2.05, 4.69) is 21.3 Å². The summed E-state index contributed by atoms with van der Waals surface area (Å²) in [4.78, 5) is 37.2. The Morgan fingerprint density at radius 1 is 1.03 bits per heavy atom. The van der Waals surface area contributed by atoms with Crippen molar-refractivity contribution in [3.05, 3.63) is 35.9 Å². The highest BCUT2D eigenvalue weighted by Crippen LogP contribution is 2.10. The average molecular weight is 485 g/mol. The summed E-state index contributed by atoms with van der Waals surface area (Å²) in [6.45, 7) is 5.39. The third-order valence-electron chi connectivity index (χ3n) is 4.91. The first kappa shape index (κ1) is 28.5. The molecule has 10 nitrogen and oxygen atoms in total. The van der Waals surface area contributed by atoms with Gasteiger partial charge in [0.1, 0.15) is 15.9 Å². The Kier molecular flexibility index (Phi) is 12.0. The van der Waals surface area contributed by atoms with E-state index in [1.54, 1.807) is 6.92 Å². The Morgan fingerprint density at radius 3 is 2.21 bits per heavy atom. The SMILES string of the molecule is CCCC(NC(=O)C(CS(C)(=O)=O)NCC)C(O)C(=O)NCC(=O)NC(C)c1ccccc1. The minimum absolute atomic E-state index is 0.259. The Morgan fingerprint density at radius 2 is 1.67 bits per heavy atom. The maximum Gasteiger partial charge on any atom is 0.251 e. The smallest absolute Gasteiger partial charge is 0.251 e. The predicted molar refractivity (Wildman–Crippen MR) is 126 cm³/mol. The summed E-state index contributed by atoms with van der Waals surface area (Å²) in [5.74, 6) is -2.27. The largest absolute Gasteiger partial charge is 0.381 e. The van der Waals surface area contributed by atoms with Crippen LogP contribution in [0.25, 0.3) is 0 Å². The topological polar surface area (TPSA) is 154 Å².